The van der Waals surface area contributed by atoms with E-state index in [2.05, 4.69) is 19.8 Å². The third-order valence-electron chi connectivity index (χ3n) is 3.60. The Morgan fingerprint density at radius 1 is 1.24 bits per heavy atom. The van der Waals surface area contributed by atoms with E-state index in [4.69, 9.17) is 16.6 Å². The molecule has 0 saturated heterocycles. The maximum absolute atomic E-state index is 12.6. The van der Waals surface area contributed by atoms with Crippen molar-refractivity contribution in [2.75, 3.05) is 7.11 Å². The van der Waals surface area contributed by atoms with Gasteiger partial charge in [0.2, 0.25) is 5.82 Å². The predicted molar refractivity (Wildman–Crippen MR) is 96.6 cm³/mol. The summed E-state index contributed by atoms with van der Waals surface area (Å²) in [6.07, 6.45) is 0. The molecule has 1 aromatic carbocycles. The molecule has 0 saturated carbocycles. The average molecular weight is 404 g/mol. The molecule has 0 unspecified atom stereocenters. The Kier molecular flexibility index (Phi) is 6.51. The highest BCUT2D eigenvalue weighted by molar-refractivity contribution is 5.93. The van der Waals surface area contributed by atoms with Crippen LogP contribution in [0.15, 0.2) is 24.3 Å². The van der Waals surface area contributed by atoms with E-state index < -0.39 is 23.5 Å². The number of carbonyl (C=O) groups is 3. The van der Waals surface area contributed by atoms with Gasteiger partial charge in [-0.15, -0.1) is 5.10 Å². The molecule has 0 spiro atoms. The molecule has 0 bridgehead atoms. The van der Waals surface area contributed by atoms with Gasteiger partial charge in [-0.2, -0.15) is 9.50 Å². The molecule has 29 heavy (non-hydrogen) atoms. The fraction of sp³-hybridized carbons (Fsp3) is 0.176. The van der Waals surface area contributed by atoms with Crippen molar-refractivity contribution in [3.63, 3.8) is 0 Å². The lowest BCUT2D eigenvalue weighted by molar-refractivity contribution is 0.0590. The van der Waals surface area contributed by atoms with Crippen molar-refractivity contribution in [1.29, 1.82) is 0 Å². The fourth-order valence-corrected chi connectivity index (χ4v) is 2.17. The molecular weight excluding hydrogens is 387 g/mol. The first-order chi connectivity index (χ1) is 13.7. The van der Waals surface area contributed by atoms with Crippen LogP contribution in [-0.4, -0.2) is 49.6 Å². The van der Waals surface area contributed by atoms with Crippen LogP contribution in [0.3, 0.4) is 0 Å². The van der Waals surface area contributed by atoms with E-state index in [1.807, 2.05) is 0 Å². The zero-order valence-electron chi connectivity index (χ0n) is 15.4. The Bertz CT molecular complexity index is 1100. The van der Waals surface area contributed by atoms with Gasteiger partial charge in [0.15, 0.2) is 11.4 Å². The van der Waals surface area contributed by atoms with Crippen LogP contribution in [-0.2, 0) is 11.3 Å². The van der Waals surface area contributed by atoms with Gasteiger partial charge in [-0.1, -0.05) is 12.1 Å². The molecule has 0 radical (unpaired) electrons. The molecule has 11 nitrogen and oxygen atoms in total. The zero-order valence-corrected chi connectivity index (χ0v) is 15.4. The second-order valence-electron chi connectivity index (χ2n) is 5.62. The number of nitrogens with two attached hydrogens (primary N) is 2. The van der Waals surface area contributed by atoms with Crippen LogP contribution >= 0.6 is 0 Å². The minimum absolute atomic E-state index is 0.169. The summed E-state index contributed by atoms with van der Waals surface area (Å²) >= 11 is 0. The Morgan fingerprint density at radius 2 is 1.93 bits per heavy atom. The second-order valence-corrected chi connectivity index (χ2v) is 5.62. The smallest absolute Gasteiger partial charge is 0.356 e. The van der Waals surface area contributed by atoms with E-state index in [9.17, 15) is 18.8 Å². The van der Waals surface area contributed by atoms with Gasteiger partial charge in [-0.05, 0) is 24.1 Å². The number of hydrogen-bond donors (Lipinski definition) is 3. The Balaban J connectivity index is 0.000000253. The lowest BCUT2D eigenvalue weighted by Crippen LogP contribution is -2.15. The number of carbonyl (C=O) groups excluding carboxylic acids is 2. The number of carboxylic acids is 1. The molecule has 3 rings (SSSR count). The number of methoxy groups -OCH3 is 1. The summed E-state index contributed by atoms with van der Waals surface area (Å²) in [5.74, 6) is -3.95. The summed E-state index contributed by atoms with van der Waals surface area (Å²) in [5, 5.41) is 12.5. The highest BCUT2D eigenvalue weighted by Crippen LogP contribution is 2.09. The minimum Gasteiger partial charge on any atom is -0.477 e. The quantitative estimate of drug-likeness (QED) is 0.516. The van der Waals surface area contributed by atoms with Crippen LogP contribution in [0.2, 0.25) is 0 Å². The number of carboxylic acid groups (broad SMARTS) is 1. The molecule has 0 fully saturated rings. The van der Waals surface area contributed by atoms with Crippen molar-refractivity contribution in [1.82, 2.24) is 19.6 Å². The average Bonchev–Trinajstić information content (AvgIpc) is 3.13. The van der Waals surface area contributed by atoms with Crippen molar-refractivity contribution in [3.8, 4) is 0 Å². The number of primary amides is 1. The zero-order chi connectivity index (χ0) is 21.7. The number of esters is 1. The standard InChI is InChI=1S/C9H7N5O5.C8H10FN/c1-19-8(18)4-2-3(7(16)17)11-9-12-6(5(10)15)13-14(4)9;1-6-4-7(5-10)2-3-8(6)9/h2H,1H3,(H2,10,15)(H,16,17);2-4H,5,10H2,1H3. The van der Waals surface area contributed by atoms with E-state index in [1.165, 1.54) is 6.07 Å². The Labute approximate surface area is 163 Å². The number of aromatic nitrogens is 4. The summed E-state index contributed by atoms with van der Waals surface area (Å²) in [5.41, 5.74) is 11.3. The lowest BCUT2D eigenvalue weighted by Gasteiger charge is -2.02. The maximum Gasteiger partial charge on any atom is 0.356 e. The van der Waals surface area contributed by atoms with Crippen LogP contribution < -0.4 is 11.5 Å². The van der Waals surface area contributed by atoms with E-state index in [0.29, 0.717) is 12.1 Å². The molecule has 5 N–H and O–H groups in total. The van der Waals surface area contributed by atoms with Crippen LogP contribution in [0, 0.1) is 12.7 Å². The summed E-state index contributed by atoms with van der Waals surface area (Å²) < 4.78 is 18.0. The van der Waals surface area contributed by atoms with Gasteiger partial charge in [-0.25, -0.2) is 19.0 Å². The number of benzene rings is 1. The number of aromatic carboxylic acids is 1. The molecule has 12 heteroatoms. The number of fused-ring (bicyclic) bond motifs is 1. The minimum atomic E-state index is -1.36. The van der Waals surface area contributed by atoms with Crippen LogP contribution in [0.5, 0.6) is 0 Å². The molecule has 152 valence electrons. The molecule has 3 aromatic rings. The van der Waals surface area contributed by atoms with E-state index in [0.717, 1.165) is 23.3 Å². The van der Waals surface area contributed by atoms with Gasteiger partial charge < -0.3 is 21.3 Å². The highest BCUT2D eigenvalue weighted by atomic mass is 19.1. The van der Waals surface area contributed by atoms with Gasteiger partial charge in [0, 0.05) is 12.6 Å². The van der Waals surface area contributed by atoms with E-state index >= 15 is 0 Å². The van der Waals surface area contributed by atoms with Crippen molar-refractivity contribution in [2.24, 2.45) is 11.5 Å². The molecule has 0 aliphatic carbocycles. The maximum atomic E-state index is 12.6. The predicted octanol–water partition coefficient (Wildman–Crippen LogP) is 0.301. The van der Waals surface area contributed by atoms with Crippen molar-refractivity contribution in [2.45, 2.75) is 13.5 Å². The number of halogens is 1. The van der Waals surface area contributed by atoms with Gasteiger partial charge in [0.25, 0.3) is 11.7 Å². The number of amides is 1. The molecule has 0 aliphatic heterocycles. The molecule has 2 heterocycles. The van der Waals surface area contributed by atoms with Crippen LogP contribution in [0.4, 0.5) is 4.39 Å². The normalized spacial score (nSPS) is 10.2. The summed E-state index contributed by atoms with van der Waals surface area (Å²) in [4.78, 5) is 40.6. The van der Waals surface area contributed by atoms with Gasteiger partial charge in [0.05, 0.1) is 7.11 Å². The molecule has 2 aromatic heterocycles. The SMILES string of the molecule is COC(=O)c1cc(C(=O)O)nc2nc(C(N)=O)nn12.Cc1cc(CN)ccc1F. The van der Waals surface area contributed by atoms with Crippen LogP contribution in [0.25, 0.3) is 5.78 Å². The topological polar surface area (TPSA) is 176 Å². The summed E-state index contributed by atoms with van der Waals surface area (Å²) in [6.45, 7) is 2.20. The van der Waals surface area contributed by atoms with E-state index in [-0.39, 0.29) is 23.1 Å². The van der Waals surface area contributed by atoms with Crippen molar-refractivity contribution >= 4 is 23.6 Å². The van der Waals surface area contributed by atoms with Crippen LogP contribution in [0.1, 0.15) is 42.7 Å². The molecule has 0 atom stereocenters. The number of aryl methyl sites for hydroxylation is 1. The number of ether oxygens (including phenoxy) is 1. The largest absolute Gasteiger partial charge is 0.477 e. The highest BCUT2D eigenvalue weighted by Gasteiger charge is 2.21. The molecular formula is C17H17FN6O5. The second kappa shape index (κ2) is 8.84. The Morgan fingerprint density at radius 3 is 2.45 bits per heavy atom. The number of rotatable bonds is 4. The van der Waals surface area contributed by atoms with Crippen molar-refractivity contribution in [3.05, 3.63) is 58.4 Å². The summed E-state index contributed by atoms with van der Waals surface area (Å²) in [6, 6.07) is 5.86. The van der Waals surface area contributed by atoms with Gasteiger partial charge in [-0.3, -0.25) is 4.79 Å². The molecule has 1 amide bonds. The Hall–Kier alpha value is -3.93. The monoisotopic (exact) mass is 404 g/mol. The van der Waals surface area contributed by atoms with Crippen molar-refractivity contribution < 1.29 is 28.6 Å². The molecule has 0 aliphatic rings. The van der Waals surface area contributed by atoms with Gasteiger partial charge >= 0.3 is 11.9 Å². The number of nitrogens with zero attached hydrogens (tertiary/aromatic N) is 4. The number of hydrogen-bond acceptors (Lipinski definition) is 8. The van der Waals surface area contributed by atoms with Gasteiger partial charge in [0.1, 0.15) is 5.82 Å². The van der Waals surface area contributed by atoms with E-state index in [1.54, 1.807) is 19.1 Å². The third-order valence-corrected chi connectivity index (χ3v) is 3.60. The third kappa shape index (κ3) is 4.87. The first-order valence-corrected chi connectivity index (χ1v) is 8.02. The first kappa shape index (κ1) is 21.4. The summed E-state index contributed by atoms with van der Waals surface area (Å²) in [7, 11) is 1.11. The lowest BCUT2D eigenvalue weighted by atomic mass is 10.1. The fourth-order valence-electron chi connectivity index (χ4n) is 2.17. The first-order valence-electron chi connectivity index (χ1n) is 8.02.